The van der Waals surface area contributed by atoms with Crippen LogP contribution >= 0.6 is 0 Å². The number of carbonyl (C=O) groups excluding carboxylic acids is 2. The third kappa shape index (κ3) is 3.31. The van der Waals surface area contributed by atoms with Crippen LogP contribution in [0, 0.1) is 12.3 Å². The number of rotatable bonds is 2. The van der Waals surface area contributed by atoms with Gasteiger partial charge in [-0.25, -0.2) is 4.79 Å². The van der Waals surface area contributed by atoms with E-state index in [1.807, 2.05) is 41.0 Å². The molecule has 140 valence electrons. The molecule has 1 aromatic rings. The van der Waals surface area contributed by atoms with Gasteiger partial charge < -0.3 is 15.1 Å². The van der Waals surface area contributed by atoms with Crippen LogP contribution in [0.15, 0.2) is 24.3 Å². The average molecular weight is 355 g/mol. The maximum Gasteiger partial charge on any atom is 0.317 e. The molecule has 2 heterocycles. The van der Waals surface area contributed by atoms with Gasteiger partial charge in [0.1, 0.15) is 0 Å². The Balaban J connectivity index is 1.40. The summed E-state index contributed by atoms with van der Waals surface area (Å²) in [6, 6.07) is 8.46. The smallest absolute Gasteiger partial charge is 0.317 e. The summed E-state index contributed by atoms with van der Waals surface area (Å²) in [5.41, 5.74) is 2.06. The van der Waals surface area contributed by atoms with Crippen molar-refractivity contribution in [1.82, 2.24) is 10.2 Å². The minimum atomic E-state index is -0.0801. The number of carbonyl (C=O) groups is 2. The monoisotopic (exact) mass is 355 g/mol. The lowest BCUT2D eigenvalue weighted by atomic mass is 9.86. The fourth-order valence-corrected chi connectivity index (χ4v) is 4.88. The number of likely N-dealkylation sites (tertiary alicyclic amines) is 1. The molecule has 2 saturated heterocycles. The highest BCUT2D eigenvalue weighted by Crippen LogP contribution is 2.42. The molecule has 0 radical (unpaired) electrons. The molecule has 0 bridgehead atoms. The Kier molecular flexibility index (Phi) is 4.63. The number of hydrogen-bond acceptors (Lipinski definition) is 2. The van der Waals surface area contributed by atoms with E-state index in [0.29, 0.717) is 19.0 Å². The Bertz CT molecular complexity index is 698. The predicted octanol–water partition coefficient (Wildman–Crippen LogP) is 3.47. The standard InChI is InChI=1S/C21H29N3O2/c1-16-7-5-6-10-18(16)24-15-21(13-19(24)25)11-12-23(14-21)20(26)22-17-8-3-2-4-9-17/h5-7,10,17H,2-4,8-9,11-15H2,1H3,(H,22,26)/t21-/m0/s1. The fourth-order valence-electron chi connectivity index (χ4n) is 4.88. The maximum atomic E-state index is 12.7. The molecule has 1 spiro atoms. The van der Waals surface area contributed by atoms with Crippen LogP contribution in [0.5, 0.6) is 0 Å². The third-order valence-corrected chi connectivity index (χ3v) is 6.39. The zero-order valence-corrected chi connectivity index (χ0v) is 15.7. The minimum absolute atomic E-state index is 0.0653. The summed E-state index contributed by atoms with van der Waals surface area (Å²) < 4.78 is 0. The van der Waals surface area contributed by atoms with E-state index < -0.39 is 0 Å². The van der Waals surface area contributed by atoms with Gasteiger partial charge >= 0.3 is 6.03 Å². The molecule has 1 aliphatic carbocycles. The van der Waals surface area contributed by atoms with Crippen LogP contribution < -0.4 is 10.2 Å². The van der Waals surface area contributed by atoms with Gasteiger partial charge in [-0.15, -0.1) is 0 Å². The first-order chi connectivity index (χ1) is 12.6. The number of aryl methyl sites for hydroxylation is 1. The quantitative estimate of drug-likeness (QED) is 0.883. The van der Waals surface area contributed by atoms with E-state index in [0.717, 1.165) is 43.6 Å². The number of para-hydroxylation sites is 1. The van der Waals surface area contributed by atoms with Crippen molar-refractivity contribution < 1.29 is 9.59 Å². The van der Waals surface area contributed by atoms with Crippen LogP contribution in [0.1, 0.15) is 50.5 Å². The molecule has 0 unspecified atom stereocenters. The molecule has 5 nitrogen and oxygen atoms in total. The van der Waals surface area contributed by atoms with E-state index >= 15 is 0 Å². The van der Waals surface area contributed by atoms with Crippen LogP contribution in [-0.4, -0.2) is 42.5 Å². The van der Waals surface area contributed by atoms with E-state index in [1.165, 1.54) is 19.3 Å². The van der Waals surface area contributed by atoms with Gasteiger partial charge in [0.2, 0.25) is 5.91 Å². The molecule has 1 atom stereocenters. The summed E-state index contributed by atoms with van der Waals surface area (Å²) in [7, 11) is 0. The summed E-state index contributed by atoms with van der Waals surface area (Å²) >= 11 is 0. The number of nitrogens with zero attached hydrogens (tertiary/aromatic N) is 2. The number of nitrogens with one attached hydrogen (secondary N) is 1. The largest absolute Gasteiger partial charge is 0.335 e. The number of amides is 3. The first-order valence-corrected chi connectivity index (χ1v) is 9.98. The SMILES string of the molecule is Cc1ccccc1N1C[C@@]2(CCN(C(=O)NC3CCCCC3)C2)CC1=O. The summed E-state index contributed by atoms with van der Waals surface area (Å²) in [5.74, 6) is 0.189. The molecule has 3 fully saturated rings. The fraction of sp³-hybridized carbons (Fsp3) is 0.619. The minimum Gasteiger partial charge on any atom is -0.335 e. The maximum absolute atomic E-state index is 12.7. The number of urea groups is 1. The van der Waals surface area contributed by atoms with Gasteiger partial charge in [0, 0.05) is 43.2 Å². The topological polar surface area (TPSA) is 52.6 Å². The Morgan fingerprint density at radius 1 is 1.15 bits per heavy atom. The van der Waals surface area contributed by atoms with Crippen molar-refractivity contribution in [2.75, 3.05) is 24.5 Å². The van der Waals surface area contributed by atoms with Crippen molar-refractivity contribution in [2.24, 2.45) is 5.41 Å². The molecule has 1 N–H and O–H groups in total. The number of anilines is 1. The highest BCUT2D eigenvalue weighted by atomic mass is 16.2. The molecular formula is C21H29N3O2. The zero-order valence-electron chi connectivity index (χ0n) is 15.7. The third-order valence-electron chi connectivity index (χ3n) is 6.39. The lowest BCUT2D eigenvalue weighted by molar-refractivity contribution is -0.117. The molecular weight excluding hydrogens is 326 g/mol. The molecule has 1 saturated carbocycles. The molecule has 3 amide bonds. The molecule has 3 aliphatic rings. The lowest BCUT2D eigenvalue weighted by Gasteiger charge is -2.28. The Morgan fingerprint density at radius 2 is 1.92 bits per heavy atom. The lowest BCUT2D eigenvalue weighted by Crippen LogP contribution is -2.45. The zero-order chi connectivity index (χ0) is 18.1. The van der Waals surface area contributed by atoms with E-state index in [-0.39, 0.29) is 17.4 Å². The second kappa shape index (κ2) is 6.93. The molecule has 2 aliphatic heterocycles. The normalized spacial score (nSPS) is 26.7. The summed E-state index contributed by atoms with van der Waals surface area (Å²) in [4.78, 5) is 29.2. The predicted molar refractivity (Wildman–Crippen MR) is 102 cm³/mol. The highest BCUT2D eigenvalue weighted by Gasteiger charge is 2.49. The number of hydrogen-bond donors (Lipinski definition) is 1. The molecule has 0 aromatic heterocycles. The van der Waals surface area contributed by atoms with Crippen LogP contribution in [0.4, 0.5) is 10.5 Å². The van der Waals surface area contributed by atoms with Crippen molar-refractivity contribution in [1.29, 1.82) is 0 Å². The summed E-state index contributed by atoms with van der Waals surface area (Å²) in [6.45, 7) is 4.23. The molecule has 4 rings (SSSR count). The van der Waals surface area contributed by atoms with E-state index in [9.17, 15) is 9.59 Å². The van der Waals surface area contributed by atoms with Gasteiger partial charge in [-0.2, -0.15) is 0 Å². The second-order valence-corrected chi connectivity index (χ2v) is 8.40. The molecule has 26 heavy (non-hydrogen) atoms. The van der Waals surface area contributed by atoms with Crippen molar-refractivity contribution in [2.45, 2.75) is 57.9 Å². The number of benzene rings is 1. The molecule has 1 aromatic carbocycles. The van der Waals surface area contributed by atoms with Crippen LogP contribution in [0.3, 0.4) is 0 Å². The van der Waals surface area contributed by atoms with Crippen molar-refractivity contribution in [3.8, 4) is 0 Å². The Morgan fingerprint density at radius 3 is 2.69 bits per heavy atom. The van der Waals surface area contributed by atoms with Crippen LogP contribution in [-0.2, 0) is 4.79 Å². The highest BCUT2D eigenvalue weighted by molar-refractivity contribution is 5.97. The van der Waals surface area contributed by atoms with Gasteiger partial charge in [-0.3, -0.25) is 4.79 Å². The van der Waals surface area contributed by atoms with Crippen LogP contribution in [0.2, 0.25) is 0 Å². The Labute approximate surface area is 155 Å². The Hall–Kier alpha value is -2.04. The van der Waals surface area contributed by atoms with Crippen molar-refractivity contribution >= 4 is 17.6 Å². The van der Waals surface area contributed by atoms with Crippen LogP contribution in [0.25, 0.3) is 0 Å². The van der Waals surface area contributed by atoms with Gasteiger partial charge in [0.15, 0.2) is 0 Å². The first-order valence-electron chi connectivity index (χ1n) is 9.98. The van der Waals surface area contributed by atoms with E-state index in [1.54, 1.807) is 0 Å². The summed E-state index contributed by atoms with van der Waals surface area (Å²) in [6.07, 6.45) is 7.39. The second-order valence-electron chi connectivity index (χ2n) is 8.40. The van der Waals surface area contributed by atoms with Gasteiger partial charge in [-0.1, -0.05) is 37.5 Å². The van der Waals surface area contributed by atoms with Gasteiger partial charge in [0.05, 0.1) is 0 Å². The van der Waals surface area contributed by atoms with Crippen molar-refractivity contribution in [3.63, 3.8) is 0 Å². The average Bonchev–Trinajstić information content (AvgIpc) is 3.19. The van der Waals surface area contributed by atoms with Crippen molar-refractivity contribution in [3.05, 3.63) is 29.8 Å². The van der Waals surface area contributed by atoms with Gasteiger partial charge in [-0.05, 0) is 37.8 Å². The van der Waals surface area contributed by atoms with E-state index in [2.05, 4.69) is 5.32 Å². The molecule has 5 heteroatoms. The summed E-state index contributed by atoms with van der Waals surface area (Å²) in [5, 5.41) is 3.22. The first kappa shape index (κ1) is 17.4. The van der Waals surface area contributed by atoms with Gasteiger partial charge in [0.25, 0.3) is 0 Å². The van der Waals surface area contributed by atoms with E-state index in [4.69, 9.17) is 0 Å².